The summed E-state index contributed by atoms with van der Waals surface area (Å²) in [6.07, 6.45) is -0.752. The summed E-state index contributed by atoms with van der Waals surface area (Å²) in [5, 5.41) is 9.37. The van der Waals surface area contributed by atoms with Gasteiger partial charge in [-0.15, -0.1) is 0 Å². The topological polar surface area (TPSA) is 20.2 Å². The van der Waals surface area contributed by atoms with Gasteiger partial charge in [-0.3, -0.25) is 0 Å². The third-order valence-electron chi connectivity index (χ3n) is 1.92. The first-order valence-corrected chi connectivity index (χ1v) is 4.65. The maximum Gasteiger partial charge on any atom is 0.160 e. The molecule has 1 aromatic carbocycles. The van der Waals surface area contributed by atoms with E-state index in [-0.39, 0.29) is 5.92 Å². The van der Waals surface area contributed by atoms with Crippen LogP contribution in [0.5, 0.6) is 0 Å². The van der Waals surface area contributed by atoms with Crippen LogP contribution in [-0.2, 0) is 0 Å². The predicted molar refractivity (Wildman–Crippen MR) is 54.1 cm³/mol. The monoisotopic (exact) mass is 210 g/mol. The van der Waals surface area contributed by atoms with Crippen molar-refractivity contribution in [2.45, 2.75) is 20.0 Å². The SMILES string of the molecule is CC(C)C(O)C#Cc1ccc(F)c(F)c1. The van der Waals surface area contributed by atoms with Gasteiger partial charge in [-0.05, 0) is 24.1 Å². The minimum absolute atomic E-state index is 0.0165. The molecule has 0 aliphatic carbocycles. The Bertz CT molecular complexity index is 402. The quantitative estimate of drug-likeness (QED) is 0.705. The van der Waals surface area contributed by atoms with Crippen molar-refractivity contribution in [3.8, 4) is 11.8 Å². The lowest BCUT2D eigenvalue weighted by atomic mass is 10.1. The van der Waals surface area contributed by atoms with Gasteiger partial charge in [0.1, 0.15) is 6.10 Å². The van der Waals surface area contributed by atoms with Gasteiger partial charge in [0, 0.05) is 5.56 Å². The Kier molecular flexibility index (Phi) is 3.81. The number of rotatable bonds is 1. The van der Waals surface area contributed by atoms with Gasteiger partial charge in [-0.1, -0.05) is 25.7 Å². The van der Waals surface area contributed by atoms with Crippen molar-refractivity contribution in [1.82, 2.24) is 0 Å². The first kappa shape index (κ1) is 11.7. The third kappa shape index (κ3) is 3.34. The molecule has 1 aromatic rings. The van der Waals surface area contributed by atoms with Crippen molar-refractivity contribution in [1.29, 1.82) is 0 Å². The normalized spacial score (nSPS) is 12.1. The maximum absolute atomic E-state index is 12.8. The summed E-state index contributed by atoms with van der Waals surface area (Å²) in [6, 6.07) is 3.40. The van der Waals surface area contributed by atoms with E-state index in [0.717, 1.165) is 12.1 Å². The van der Waals surface area contributed by atoms with Gasteiger partial charge < -0.3 is 5.11 Å². The summed E-state index contributed by atoms with van der Waals surface area (Å²) in [5.74, 6) is 3.34. The van der Waals surface area contributed by atoms with Crippen molar-refractivity contribution >= 4 is 0 Å². The molecule has 15 heavy (non-hydrogen) atoms. The van der Waals surface area contributed by atoms with Crippen LogP contribution in [0.15, 0.2) is 18.2 Å². The molecule has 0 aliphatic heterocycles. The molecular weight excluding hydrogens is 198 g/mol. The van der Waals surface area contributed by atoms with Crippen molar-refractivity contribution in [3.05, 3.63) is 35.4 Å². The van der Waals surface area contributed by atoms with Gasteiger partial charge in [-0.2, -0.15) is 0 Å². The van der Waals surface area contributed by atoms with E-state index in [1.165, 1.54) is 6.07 Å². The van der Waals surface area contributed by atoms with Crippen LogP contribution in [0.4, 0.5) is 8.78 Å². The molecule has 1 unspecified atom stereocenters. The van der Waals surface area contributed by atoms with E-state index in [2.05, 4.69) is 11.8 Å². The van der Waals surface area contributed by atoms with E-state index < -0.39 is 17.7 Å². The minimum atomic E-state index is -0.930. The van der Waals surface area contributed by atoms with Gasteiger partial charge >= 0.3 is 0 Å². The molecule has 0 saturated heterocycles. The van der Waals surface area contributed by atoms with Gasteiger partial charge in [-0.25, -0.2) is 8.78 Å². The zero-order chi connectivity index (χ0) is 11.4. The summed E-state index contributed by atoms with van der Waals surface area (Å²) in [4.78, 5) is 0. The van der Waals surface area contributed by atoms with Gasteiger partial charge in [0.05, 0.1) is 0 Å². The fourth-order valence-corrected chi connectivity index (χ4v) is 0.898. The van der Waals surface area contributed by atoms with Gasteiger partial charge in [0.25, 0.3) is 0 Å². The van der Waals surface area contributed by atoms with E-state index >= 15 is 0 Å². The highest BCUT2D eigenvalue weighted by molar-refractivity contribution is 5.35. The molecule has 0 bridgehead atoms. The van der Waals surface area contributed by atoms with Crippen molar-refractivity contribution in [3.63, 3.8) is 0 Å². The summed E-state index contributed by atoms with van der Waals surface area (Å²) in [6.45, 7) is 3.65. The van der Waals surface area contributed by atoms with Crippen LogP contribution in [-0.4, -0.2) is 11.2 Å². The molecule has 0 aliphatic rings. The van der Waals surface area contributed by atoms with E-state index in [0.29, 0.717) is 5.56 Å². The van der Waals surface area contributed by atoms with Gasteiger partial charge in [0.2, 0.25) is 0 Å². The smallest absolute Gasteiger partial charge is 0.160 e. The van der Waals surface area contributed by atoms with Crippen molar-refractivity contribution in [2.75, 3.05) is 0 Å². The molecule has 3 heteroatoms. The van der Waals surface area contributed by atoms with Crippen molar-refractivity contribution < 1.29 is 13.9 Å². The first-order valence-electron chi connectivity index (χ1n) is 4.65. The molecule has 0 saturated carbocycles. The molecule has 0 amide bonds. The maximum atomic E-state index is 12.8. The van der Waals surface area contributed by atoms with Crippen molar-refractivity contribution in [2.24, 2.45) is 5.92 Å². The van der Waals surface area contributed by atoms with Crippen LogP contribution in [0, 0.1) is 29.4 Å². The molecule has 1 atom stereocenters. The standard InChI is InChI=1S/C12H12F2O/c1-8(2)12(15)6-4-9-3-5-10(13)11(14)7-9/h3,5,7-8,12,15H,1-2H3. The molecule has 0 heterocycles. The fourth-order valence-electron chi connectivity index (χ4n) is 0.898. The molecule has 1 rings (SSSR count). The minimum Gasteiger partial charge on any atom is -0.380 e. The zero-order valence-electron chi connectivity index (χ0n) is 8.59. The third-order valence-corrected chi connectivity index (χ3v) is 1.92. The highest BCUT2D eigenvalue weighted by Gasteiger charge is 2.04. The lowest BCUT2D eigenvalue weighted by Crippen LogP contribution is -2.11. The van der Waals surface area contributed by atoms with Crippen LogP contribution in [0.25, 0.3) is 0 Å². The number of hydrogen-bond donors (Lipinski definition) is 1. The molecule has 1 N–H and O–H groups in total. The van der Waals surface area contributed by atoms with E-state index in [1.807, 2.05) is 13.8 Å². The Balaban J connectivity index is 2.85. The van der Waals surface area contributed by atoms with E-state index in [4.69, 9.17) is 0 Å². The summed E-state index contributed by atoms with van der Waals surface area (Å²) >= 11 is 0. The van der Waals surface area contributed by atoms with E-state index in [9.17, 15) is 13.9 Å². The van der Waals surface area contributed by atoms with Crippen LogP contribution in [0.3, 0.4) is 0 Å². The Morgan fingerprint density at radius 2 is 1.87 bits per heavy atom. The van der Waals surface area contributed by atoms with Gasteiger partial charge in [0.15, 0.2) is 11.6 Å². The molecular formula is C12H12F2O. The Labute approximate surface area is 87.7 Å². The number of halogens is 2. The second-order valence-electron chi connectivity index (χ2n) is 3.59. The van der Waals surface area contributed by atoms with Crippen LogP contribution < -0.4 is 0 Å². The summed E-state index contributed by atoms with van der Waals surface area (Å²) in [5.41, 5.74) is 0.355. The number of aliphatic hydroxyl groups excluding tert-OH is 1. The Morgan fingerprint density at radius 3 is 2.40 bits per heavy atom. The number of aliphatic hydroxyl groups is 1. The van der Waals surface area contributed by atoms with Crippen LogP contribution in [0.1, 0.15) is 19.4 Å². The number of benzene rings is 1. The second kappa shape index (κ2) is 4.90. The predicted octanol–water partition coefficient (Wildman–Crippen LogP) is 2.33. The van der Waals surface area contributed by atoms with E-state index in [1.54, 1.807) is 0 Å². The molecule has 0 radical (unpaired) electrons. The second-order valence-corrected chi connectivity index (χ2v) is 3.59. The lowest BCUT2D eigenvalue weighted by molar-refractivity contribution is 0.181. The molecule has 0 fully saturated rings. The Hall–Kier alpha value is -1.40. The summed E-state index contributed by atoms with van der Waals surface area (Å²) in [7, 11) is 0. The average Bonchev–Trinajstić information content (AvgIpc) is 2.19. The fraction of sp³-hybridized carbons (Fsp3) is 0.333. The zero-order valence-corrected chi connectivity index (χ0v) is 8.59. The van der Waals surface area contributed by atoms with Crippen LogP contribution in [0.2, 0.25) is 0 Å². The largest absolute Gasteiger partial charge is 0.380 e. The number of hydrogen-bond acceptors (Lipinski definition) is 1. The molecule has 0 spiro atoms. The first-order chi connectivity index (χ1) is 7.00. The lowest BCUT2D eigenvalue weighted by Gasteiger charge is -2.05. The molecule has 0 aromatic heterocycles. The Morgan fingerprint density at radius 1 is 1.20 bits per heavy atom. The molecule has 1 nitrogen and oxygen atoms in total. The average molecular weight is 210 g/mol. The molecule has 80 valence electrons. The summed E-state index contributed by atoms with van der Waals surface area (Å²) < 4.78 is 25.3. The highest BCUT2D eigenvalue weighted by Crippen LogP contribution is 2.07. The van der Waals surface area contributed by atoms with Crippen LogP contribution >= 0.6 is 0 Å². The highest BCUT2D eigenvalue weighted by atomic mass is 19.2.